The van der Waals surface area contributed by atoms with Crippen molar-refractivity contribution < 1.29 is 31.1 Å². The lowest BCUT2D eigenvalue weighted by Crippen LogP contribution is -2.48. The Labute approximate surface area is 176 Å². The summed E-state index contributed by atoms with van der Waals surface area (Å²) in [4.78, 5) is 3.64. The molecule has 0 radical (unpaired) electrons. The summed E-state index contributed by atoms with van der Waals surface area (Å²) in [6.45, 7) is 1.16. The maximum atomic E-state index is 12.7. The Morgan fingerprint density at radius 1 is 1.20 bits per heavy atom. The molecule has 2 aromatic rings. The minimum atomic E-state index is -4.45. The molecule has 11 heteroatoms. The number of rotatable bonds is 7. The van der Waals surface area contributed by atoms with Gasteiger partial charge in [0.05, 0.1) is 24.2 Å². The molecule has 164 valence electrons. The molecular formula is C19H21F3N2O4S2. The van der Waals surface area contributed by atoms with Crippen LogP contribution in [0.5, 0.6) is 5.75 Å². The van der Waals surface area contributed by atoms with Crippen LogP contribution in [0.15, 0.2) is 29.6 Å². The van der Waals surface area contributed by atoms with E-state index in [2.05, 4.69) is 9.71 Å². The van der Waals surface area contributed by atoms with Gasteiger partial charge in [0.1, 0.15) is 5.75 Å². The van der Waals surface area contributed by atoms with Crippen LogP contribution in [-0.4, -0.2) is 44.5 Å². The van der Waals surface area contributed by atoms with Crippen molar-refractivity contribution in [2.24, 2.45) is 5.92 Å². The van der Waals surface area contributed by atoms with Crippen molar-refractivity contribution in [3.63, 3.8) is 0 Å². The second-order valence-electron chi connectivity index (χ2n) is 7.46. The number of nitrogens with zero attached hydrogens (tertiary/aromatic N) is 1. The van der Waals surface area contributed by atoms with Crippen LogP contribution in [0.1, 0.15) is 24.3 Å². The smallest absolute Gasteiger partial charge is 0.443 e. The van der Waals surface area contributed by atoms with Crippen LogP contribution in [0.4, 0.5) is 13.2 Å². The number of hydrogen-bond donors (Lipinski definition) is 1. The fourth-order valence-corrected chi connectivity index (χ4v) is 5.64. The predicted molar refractivity (Wildman–Crippen MR) is 106 cm³/mol. The number of hydrogen-bond acceptors (Lipinski definition) is 6. The van der Waals surface area contributed by atoms with Gasteiger partial charge in [-0.05, 0) is 43.5 Å². The summed E-state index contributed by atoms with van der Waals surface area (Å²) in [5.41, 5.74) is 0.819. The molecule has 4 rings (SSSR count). The highest BCUT2D eigenvalue weighted by molar-refractivity contribution is 7.90. The van der Waals surface area contributed by atoms with Gasteiger partial charge in [-0.3, -0.25) is 0 Å². The van der Waals surface area contributed by atoms with E-state index in [4.69, 9.17) is 9.47 Å². The number of ether oxygens (including phenoxy) is 2. The van der Waals surface area contributed by atoms with Crippen LogP contribution in [0.2, 0.25) is 0 Å². The molecule has 30 heavy (non-hydrogen) atoms. The minimum absolute atomic E-state index is 0.125. The SMILES string of the molecule is O=S(=O)(N[C@H]1CCOC[C@@H]1COc1ccc(-c2csc(C(F)(F)F)n2)cc1)C1CC1. The van der Waals surface area contributed by atoms with Crippen molar-refractivity contribution in [1.29, 1.82) is 0 Å². The van der Waals surface area contributed by atoms with Crippen LogP contribution < -0.4 is 9.46 Å². The Hall–Kier alpha value is -1.69. The van der Waals surface area contributed by atoms with Gasteiger partial charge >= 0.3 is 6.18 Å². The third-order valence-electron chi connectivity index (χ3n) is 5.11. The first-order valence-electron chi connectivity index (χ1n) is 9.57. The number of thiazole rings is 1. The van der Waals surface area contributed by atoms with Gasteiger partial charge in [0.15, 0.2) is 5.01 Å². The van der Waals surface area contributed by atoms with Crippen molar-refractivity contribution >= 4 is 21.4 Å². The second kappa shape index (κ2) is 8.45. The maximum absolute atomic E-state index is 12.7. The lowest BCUT2D eigenvalue weighted by molar-refractivity contribution is -0.137. The molecule has 1 saturated carbocycles. The van der Waals surface area contributed by atoms with Gasteiger partial charge in [0.2, 0.25) is 10.0 Å². The summed E-state index contributed by atoms with van der Waals surface area (Å²) in [5.74, 6) is 0.416. The Morgan fingerprint density at radius 2 is 1.93 bits per heavy atom. The molecule has 0 bridgehead atoms. The summed E-state index contributed by atoms with van der Waals surface area (Å²) in [5, 5.41) is 0.210. The molecule has 1 aromatic carbocycles. The van der Waals surface area contributed by atoms with E-state index in [0.29, 0.717) is 55.1 Å². The van der Waals surface area contributed by atoms with E-state index in [1.807, 2.05) is 0 Å². The Bertz CT molecular complexity index is 972. The summed E-state index contributed by atoms with van der Waals surface area (Å²) in [7, 11) is -3.29. The fourth-order valence-electron chi connectivity index (χ4n) is 3.26. The third kappa shape index (κ3) is 5.13. The van der Waals surface area contributed by atoms with Crippen molar-refractivity contribution in [1.82, 2.24) is 9.71 Å². The average Bonchev–Trinajstić information content (AvgIpc) is 3.44. The van der Waals surface area contributed by atoms with Crippen LogP contribution >= 0.6 is 11.3 Å². The van der Waals surface area contributed by atoms with Crippen LogP contribution in [-0.2, 0) is 20.9 Å². The molecule has 1 aromatic heterocycles. The topological polar surface area (TPSA) is 77.5 Å². The molecule has 0 unspecified atom stereocenters. The van der Waals surface area contributed by atoms with E-state index in [1.165, 1.54) is 5.38 Å². The molecule has 1 aliphatic heterocycles. The molecule has 0 spiro atoms. The highest BCUT2D eigenvalue weighted by Gasteiger charge is 2.39. The number of nitrogens with one attached hydrogen (secondary N) is 1. The number of benzene rings is 1. The summed E-state index contributed by atoms with van der Waals surface area (Å²) >= 11 is 0.558. The molecule has 2 fully saturated rings. The van der Waals surface area contributed by atoms with E-state index in [0.717, 1.165) is 0 Å². The monoisotopic (exact) mass is 462 g/mol. The zero-order valence-electron chi connectivity index (χ0n) is 15.9. The predicted octanol–water partition coefficient (Wildman–Crippen LogP) is 3.69. The lowest BCUT2D eigenvalue weighted by Gasteiger charge is -2.31. The molecule has 1 aliphatic carbocycles. The fraction of sp³-hybridized carbons (Fsp3) is 0.526. The molecule has 1 N–H and O–H groups in total. The standard InChI is InChI=1S/C19H21F3N2O4S2/c20-19(21,22)18-23-17(11-29-18)12-1-3-14(4-2-12)28-10-13-9-27-8-7-16(13)24-30(25,26)15-5-6-15/h1-4,11,13,15-16,24H,5-10H2/t13-,16+/m1/s1. The maximum Gasteiger partial charge on any atom is 0.443 e. The minimum Gasteiger partial charge on any atom is -0.493 e. The number of sulfonamides is 1. The molecule has 6 nitrogen and oxygen atoms in total. The van der Waals surface area contributed by atoms with Gasteiger partial charge in [-0.2, -0.15) is 13.2 Å². The van der Waals surface area contributed by atoms with Crippen LogP contribution in [0.25, 0.3) is 11.3 Å². The molecule has 2 aliphatic rings. The molecular weight excluding hydrogens is 441 g/mol. The zero-order valence-corrected chi connectivity index (χ0v) is 17.5. The second-order valence-corrected chi connectivity index (χ2v) is 10.3. The van der Waals surface area contributed by atoms with Gasteiger partial charge in [-0.15, -0.1) is 11.3 Å². The normalized spacial score (nSPS) is 22.8. The quantitative estimate of drug-likeness (QED) is 0.679. The Kier molecular flexibility index (Phi) is 6.06. The Balaban J connectivity index is 1.36. The first-order valence-corrected chi connectivity index (χ1v) is 12.0. The van der Waals surface area contributed by atoms with Crippen molar-refractivity contribution in [3.8, 4) is 17.0 Å². The summed E-state index contributed by atoms with van der Waals surface area (Å²) < 4.78 is 76.7. The first-order chi connectivity index (χ1) is 14.2. The number of alkyl halides is 3. The highest BCUT2D eigenvalue weighted by atomic mass is 32.2. The van der Waals surface area contributed by atoms with Crippen molar-refractivity contribution in [2.75, 3.05) is 19.8 Å². The number of aromatic nitrogens is 1. The van der Waals surface area contributed by atoms with Gasteiger partial charge in [-0.1, -0.05) is 0 Å². The highest BCUT2D eigenvalue weighted by Crippen LogP contribution is 2.34. The van der Waals surface area contributed by atoms with Crippen LogP contribution in [0.3, 0.4) is 0 Å². The lowest BCUT2D eigenvalue weighted by atomic mass is 9.98. The molecule has 1 saturated heterocycles. The molecule has 2 heterocycles. The zero-order chi connectivity index (χ0) is 21.4. The summed E-state index contributed by atoms with van der Waals surface area (Å²) in [6.07, 6.45) is -2.46. The molecule has 2 atom stereocenters. The molecule has 0 amide bonds. The van der Waals surface area contributed by atoms with Crippen molar-refractivity contribution in [2.45, 2.75) is 36.7 Å². The van der Waals surface area contributed by atoms with Gasteiger partial charge in [0.25, 0.3) is 0 Å². The van der Waals surface area contributed by atoms with E-state index < -0.39 is 21.2 Å². The van der Waals surface area contributed by atoms with Gasteiger partial charge in [0, 0.05) is 29.5 Å². The van der Waals surface area contributed by atoms with Crippen molar-refractivity contribution in [3.05, 3.63) is 34.7 Å². The van der Waals surface area contributed by atoms with Gasteiger partial charge in [-0.25, -0.2) is 18.1 Å². The van der Waals surface area contributed by atoms with E-state index >= 15 is 0 Å². The van der Waals surface area contributed by atoms with E-state index in [9.17, 15) is 21.6 Å². The van der Waals surface area contributed by atoms with Crippen LogP contribution in [0, 0.1) is 5.92 Å². The van der Waals surface area contributed by atoms with E-state index in [-0.39, 0.29) is 29.5 Å². The van der Waals surface area contributed by atoms with Gasteiger partial charge < -0.3 is 9.47 Å². The largest absolute Gasteiger partial charge is 0.493 e. The Morgan fingerprint density at radius 3 is 2.57 bits per heavy atom. The number of halogens is 3. The average molecular weight is 463 g/mol. The summed E-state index contributed by atoms with van der Waals surface area (Å²) in [6, 6.07) is 6.38. The van der Waals surface area contributed by atoms with E-state index in [1.54, 1.807) is 24.3 Å². The third-order valence-corrected chi connectivity index (χ3v) is 7.98. The first kappa shape index (κ1) is 21.5.